The molecule has 0 aliphatic carbocycles. The van der Waals surface area contributed by atoms with Crippen LogP contribution >= 0.6 is 11.3 Å². The normalized spacial score (nSPS) is 26.5. The third-order valence-corrected chi connectivity index (χ3v) is 6.37. The van der Waals surface area contributed by atoms with E-state index in [9.17, 15) is 15.3 Å². The Kier molecular flexibility index (Phi) is 5.07. The van der Waals surface area contributed by atoms with Gasteiger partial charge < -0.3 is 20.1 Å². The van der Waals surface area contributed by atoms with Crippen molar-refractivity contribution in [2.24, 2.45) is 0 Å². The number of nitrogens with zero attached hydrogens (tertiary/aromatic N) is 6. The predicted octanol–water partition coefficient (Wildman–Crippen LogP) is 1.09. The first-order valence-corrected chi connectivity index (χ1v) is 10.7. The van der Waals surface area contributed by atoms with Gasteiger partial charge in [-0.3, -0.25) is 4.68 Å². The topological polar surface area (TPSA) is 131 Å². The second kappa shape index (κ2) is 7.77. The van der Waals surface area contributed by atoms with E-state index >= 15 is 0 Å². The molecule has 1 saturated heterocycles. The SMILES string of the molecule is Cc1nc([C@@H]2OC(CO)[C@H](O)[C@H](n3cccn3)C2O)n(-c2ccc3nc(C)sc3c2)n1. The van der Waals surface area contributed by atoms with E-state index in [4.69, 9.17) is 4.74 Å². The van der Waals surface area contributed by atoms with E-state index in [0.717, 1.165) is 20.9 Å². The summed E-state index contributed by atoms with van der Waals surface area (Å²) in [7, 11) is 0. The van der Waals surface area contributed by atoms with Crippen LogP contribution in [0.3, 0.4) is 0 Å². The maximum atomic E-state index is 11.2. The largest absolute Gasteiger partial charge is 0.394 e. The molecule has 1 fully saturated rings. The second-order valence-electron chi connectivity index (χ2n) is 7.55. The fourth-order valence-electron chi connectivity index (χ4n) is 4.05. The summed E-state index contributed by atoms with van der Waals surface area (Å²) < 4.78 is 10.0. The molecule has 1 aliphatic rings. The van der Waals surface area contributed by atoms with Gasteiger partial charge in [0.15, 0.2) is 5.82 Å². The first kappa shape index (κ1) is 20.2. The number of ether oxygens (including phenoxy) is 1. The van der Waals surface area contributed by atoms with Crippen molar-refractivity contribution in [3.63, 3.8) is 0 Å². The van der Waals surface area contributed by atoms with Crippen LogP contribution in [0.15, 0.2) is 36.7 Å². The fourth-order valence-corrected chi connectivity index (χ4v) is 4.91. The van der Waals surface area contributed by atoms with Crippen LogP contribution in [0, 0.1) is 13.8 Å². The van der Waals surface area contributed by atoms with E-state index in [1.165, 1.54) is 4.68 Å². The standard InChI is InChI=1S/C20H22N6O4S/c1-10-22-20(26(24-10)12-4-5-13-15(8-12)31-11(2)23-13)19-18(29)16(25-7-3-6-21-25)17(28)14(9-27)30-19/h3-8,14,16-19,27-29H,9H2,1-2H3/t14?,16-,17-,18?,19+/m0/s1. The molecule has 5 atom stereocenters. The van der Waals surface area contributed by atoms with E-state index in [1.807, 2.05) is 25.1 Å². The molecule has 4 aromatic rings. The predicted molar refractivity (Wildman–Crippen MR) is 112 cm³/mol. The van der Waals surface area contributed by atoms with Gasteiger partial charge in [-0.05, 0) is 38.1 Å². The summed E-state index contributed by atoms with van der Waals surface area (Å²) >= 11 is 1.58. The molecule has 3 aromatic heterocycles. The van der Waals surface area contributed by atoms with E-state index in [-0.39, 0.29) is 0 Å². The van der Waals surface area contributed by atoms with E-state index in [2.05, 4.69) is 20.2 Å². The van der Waals surface area contributed by atoms with Crippen LogP contribution in [0.5, 0.6) is 0 Å². The Hall–Kier alpha value is -2.70. The molecule has 0 spiro atoms. The van der Waals surface area contributed by atoms with Gasteiger partial charge in [0.1, 0.15) is 36.3 Å². The lowest BCUT2D eigenvalue weighted by Crippen LogP contribution is -2.53. The zero-order valence-electron chi connectivity index (χ0n) is 16.9. The Morgan fingerprint density at radius 1 is 1.16 bits per heavy atom. The number of aromatic nitrogens is 6. The Balaban J connectivity index is 1.59. The molecule has 10 nitrogen and oxygen atoms in total. The van der Waals surface area contributed by atoms with Gasteiger partial charge in [-0.25, -0.2) is 14.6 Å². The van der Waals surface area contributed by atoms with Crippen LogP contribution in [-0.4, -0.2) is 69.8 Å². The van der Waals surface area contributed by atoms with Crippen molar-refractivity contribution in [3.05, 3.63) is 53.3 Å². The Morgan fingerprint density at radius 3 is 2.74 bits per heavy atom. The smallest absolute Gasteiger partial charge is 0.164 e. The third kappa shape index (κ3) is 3.44. The molecular weight excluding hydrogens is 420 g/mol. The van der Waals surface area contributed by atoms with Crippen molar-refractivity contribution in [1.82, 2.24) is 29.5 Å². The Labute approximate surface area is 181 Å². The van der Waals surface area contributed by atoms with Gasteiger partial charge in [0.2, 0.25) is 0 Å². The highest BCUT2D eigenvalue weighted by Gasteiger charge is 2.48. The monoisotopic (exact) mass is 442 g/mol. The van der Waals surface area contributed by atoms with Gasteiger partial charge in [0.05, 0.1) is 27.5 Å². The average Bonchev–Trinajstić information content (AvgIpc) is 3.47. The van der Waals surface area contributed by atoms with Crippen LogP contribution in [0.4, 0.5) is 0 Å². The summed E-state index contributed by atoms with van der Waals surface area (Å²) in [6.07, 6.45) is -0.949. The molecule has 0 bridgehead atoms. The summed E-state index contributed by atoms with van der Waals surface area (Å²) in [4.78, 5) is 9.01. The molecule has 1 aromatic carbocycles. The number of rotatable bonds is 4. The van der Waals surface area contributed by atoms with Gasteiger partial charge in [-0.2, -0.15) is 10.2 Å². The number of benzene rings is 1. The molecule has 3 N–H and O–H groups in total. The van der Waals surface area contributed by atoms with Crippen molar-refractivity contribution in [2.45, 2.75) is 44.3 Å². The minimum Gasteiger partial charge on any atom is -0.394 e. The summed E-state index contributed by atoms with van der Waals surface area (Å²) in [6.45, 7) is 3.30. The molecule has 11 heteroatoms. The molecular formula is C20H22N6O4S. The molecule has 162 valence electrons. The highest BCUT2D eigenvalue weighted by atomic mass is 32.1. The number of aliphatic hydroxyl groups is 3. The number of hydrogen-bond acceptors (Lipinski definition) is 9. The van der Waals surface area contributed by atoms with E-state index in [0.29, 0.717) is 11.6 Å². The fraction of sp³-hybridized carbons (Fsp3) is 0.400. The van der Waals surface area contributed by atoms with E-state index < -0.39 is 37.1 Å². The quantitative estimate of drug-likeness (QED) is 0.428. The number of aryl methyl sites for hydroxylation is 2. The molecule has 2 unspecified atom stereocenters. The van der Waals surface area contributed by atoms with Crippen LogP contribution in [0.2, 0.25) is 0 Å². The average molecular weight is 443 g/mol. The summed E-state index contributed by atoms with van der Waals surface area (Å²) in [5, 5.41) is 41.3. The van der Waals surface area contributed by atoms with Crippen molar-refractivity contribution in [3.8, 4) is 5.69 Å². The molecule has 4 heterocycles. The summed E-state index contributed by atoms with van der Waals surface area (Å²) in [5.74, 6) is 0.891. The second-order valence-corrected chi connectivity index (χ2v) is 8.78. The molecule has 31 heavy (non-hydrogen) atoms. The van der Waals surface area contributed by atoms with Gasteiger partial charge in [-0.1, -0.05) is 0 Å². The van der Waals surface area contributed by atoms with E-state index in [1.54, 1.807) is 41.4 Å². The lowest BCUT2D eigenvalue weighted by Gasteiger charge is -2.41. The van der Waals surface area contributed by atoms with Gasteiger partial charge in [0, 0.05) is 12.4 Å². The number of fused-ring (bicyclic) bond motifs is 1. The van der Waals surface area contributed by atoms with Crippen LogP contribution in [0.1, 0.15) is 28.8 Å². The van der Waals surface area contributed by atoms with Crippen LogP contribution in [0.25, 0.3) is 15.9 Å². The van der Waals surface area contributed by atoms with Crippen molar-refractivity contribution in [1.29, 1.82) is 0 Å². The lowest BCUT2D eigenvalue weighted by atomic mass is 9.92. The highest BCUT2D eigenvalue weighted by Crippen LogP contribution is 2.38. The Bertz CT molecular complexity index is 1210. The Morgan fingerprint density at radius 2 is 2.00 bits per heavy atom. The molecule has 1 aliphatic heterocycles. The maximum absolute atomic E-state index is 11.2. The lowest BCUT2D eigenvalue weighted by molar-refractivity contribution is -0.210. The number of hydrogen-bond donors (Lipinski definition) is 3. The van der Waals surface area contributed by atoms with Gasteiger partial charge >= 0.3 is 0 Å². The molecule has 0 saturated carbocycles. The summed E-state index contributed by atoms with van der Waals surface area (Å²) in [5.41, 5.74) is 1.66. The highest BCUT2D eigenvalue weighted by molar-refractivity contribution is 7.18. The zero-order valence-corrected chi connectivity index (χ0v) is 17.7. The zero-order chi connectivity index (χ0) is 21.7. The molecule has 0 radical (unpaired) electrons. The maximum Gasteiger partial charge on any atom is 0.164 e. The number of thiazole rings is 1. The first-order valence-electron chi connectivity index (χ1n) is 9.89. The van der Waals surface area contributed by atoms with Crippen molar-refractivity contribution >= 4 is 21.6 Å². The van der Waals surface area contributed by atoms with Crippen LogP contribution < -0.4 is 0 Å². The first-order chi connectivity index (χ1) is 15.0. The van der Waals surface area contributed by atoms with Crippen molar-refractivity contribution < 1.29 is 20.1 Å². The minimum atomic E-state index is -1.17. The number of aliphatic hydroxyl groups excluding tert-OH is 3. The minimum absolute atomic E-state index is 0.382. The van der Waals surface area contributed by atoms with Crippen LogP contribution in [-0.2, 0) is 4.74 Å². The molecule has 5 rings (SSSR count). The third-order valence-electron chi connectivity index (χ3n) is 5.44. The van der Waals surface area contributed by atoms with Gasteiger partial charge in [0.25, 0.3) is 0 Å². The van der Waals surface area contributed by atoms with Gasteiger partial charge in [-0.15, -0.1) is 11.3 Å². The molecule has 0 amide bonds. The van der Waals surface area contributed by atoms with Crippen molar-refractivity contribution in [2.75, 3.05) is 6.61 Å². The summed E-state index contributed by atoms with van der Waals surface area (Å²) in [6, 6.07) is 6.66.